The van der Waals surface area contributed by atoms with Gasteiger partial charge in [-0.3, -0.25) is 4.79 Å². The van der Waals surface area contributed by atoms with Crippen molar-refractivity contribution in [3.8, 4) is 5.75 Å². The lowest BCUT2D eigenvalue weighted by atomic mass is 10.1. The fourth-order valence-corrected chi connectivity index (χ4v) is 2.83. The number of amides is 1. The Morgan fingerprint density at radius 3 is 2.36 bits per heavy atom. The Hall–Kier alpha value is -2.54. The monoisotopic (exact) mass is 395 g/mol. The van der Waals surface area contributed by atoms with E-state index in [1.807, 2.05) is 24.3 Å². The van der Waals surface area contributed by atoms with Crippen LogP contribution in [-0.2, 0) is 24.1 Å². The zero-order chi connectivity index (χ0) is 20.6. The van der Waals surface area contributed by atoms with Gasteiger partial charge in [-0.25, -0.2) is 0 Å². The van der Waals surface area contributed by atoms with Crippen molar-refractivity contribution in [1.82, 2.24) is 5.32 Å². The van der Waals surface area contributed by atoms with Crippen molar-refractivity contribution in [3.05, 3.63) is 65.2 Å². The van der Waals surface area contributed by atoms with Gasteiger partial charge in [0, 0.05) is 12.1 Å². The first-order valence-corrected chi connectivity index (χ1v) is 9.30. The third-order valence-corrected chi connectivity index (χ3v) is 4.57. The number of ether oxygens (including phenoxy) is 1. The van der Waals surface area contributed by atoms with E-state index in [1.165, 1.54) is 22.6 Å². The average Bonchev–Trinajstić information content (AvgIpc) is 2.69. The first-order valence-electron chi connectivity index (χ1n) is 9.30. The highest BCUT2D eigenvalue weighted by atomic mass is 19.4. The number of quaternary nitrogens is 1. The second kappa shape index (κ2) is 10.1. The van der Waals surface area contributed by atoms with Gasteiger partial charge in [0.25, 0.3) is 5.91 Å². The number of benzene rings is 2. The maximum atomic E-state index is 12.7. The number of carbonyl (C=O) groups is 1. The molecule has 0 bridgehead atoms. The molecule has 4 nitrogen and oxygen atoms in total. The molecule has 0 saturated heterocycles. The summed E-state index contributed by atoms with van der Waals surface area (Å²) >= 11 is 0. The molecular formula is C21H26F3N2O2+. The van der Waals surface area contributed by atoms with Crippen LogP contribution >= 0.6 is 0 Å². The summed E-state index contributed by atoms with van der Waals surface area (Å²) < 4.78 is 43.4. The minimum Gasteiger partial charge on any atom is -0.484 e. The Labute approximate surface area is 163 Å². The highest BCUT2D eigenvalue weighted by Crippen LogP contribution is 2.31. The van der Waals surface area contributed by atoms with E-state index in [0.29, 0.717) is 6.54 Å². The summed E-state index contributed by atoms with van der Waals surface area (Å²) in [6.45, 7) is 7.18. The molecule has 2 rings (SSSR count). The Morgan fingerprint density at radius 2 is 1.71 bits per heavy atom. The maximum absolute atomic E-state index is 12.7. The van der Waals surface area contributed by atoms with E-state index < -0.39 is 11.7 Å². The van der Waals surface area contributed by atoms with E-state index in [9.17, 15) is 18.0 Å². The number of alkyl halides is 3. The summed E-state index contributed by atoms with van der Waals surface area (Å²) in [7, 11) is 0. The van der Waals surface area contributed by atoms with Crippen LogP contribution in [0.3, 0.4) is 0 Å². The van der Waals surface area contributed by atoms with Crippen molar-refractivity contribution >= 4 is 5.91 Å². The van der Waals surface area contributed by atoms with Gasteiger partial charge < -0.3 is 15.0 Å². The van der Waals surface area contributed by atoms with Crippen molar-refractivity contribution in [1.29, 1.82) is 0 Å². The number of hydrogen-bond donors (Lipinski definition) is 2. The molecule has 0 heterocycles. The summed E-state index contributed by atoms with van der Waals surface area (Å²) in [5.74, 6) is -0.377. The molecule has 0 saturated carbocycles. The number of rotatable bonds is 9. The Morgan fingerprint density at radius 1 is 1.04 bits per heavy atom. The molecule has 0 aliphatic carbocycles. The van der Waals surface area contributed by atoms with Crippen LogP contribution < -0.4 is 15.0 Å². The Bertz CT molecular complexity index is 774. The molecule has 1 amide bonds. The van der Waals surface area contributed by atoms with E-state index in [0.717, 1.165) is 37.3 Å². The van der Waals surface area contributed by atoms with Gasteiger partial charge in [0.05, 0.1) is 18.7 Å². The van der Waals surface area contributed by atoms with Crippen LogP contribution in [0.1, 0.15) is 30.5 Å². The summed E-state index contributed by atoms with van der Waals surface area (Å²) in [6.07, 6.45) is -4.45. The van der Waals surface area contributed by atoms with Crippen LogP contribution in [0.5, 0.6) is 5.75 Å². The average molecular weight is 395 g/mol. The summed E-state index contributed by atoms with van der Waals surface area (Å²) in [6, 6.07) is 12.4. The van der Waals surface area contributed by atoms with Crippen LogP contribution in [0.4, 0.5) is 13.2 Å². The molecule has 152 valence electrons. The van der Waals surface area contributed by atoms with Gasteiger partial charge in [0.15, 0.2) is 6.61 Å². The van der Waals surface area contributed by atoms with Crippen molar-refractivity contribution < 1.29 is 27.6 Å². The van der Waals surface area contributed by atoms with Gasteiger partial charge in [-0.2, -0.15) is 13.2 Å². The molecular weight excluding hydrogens is 369 g/mol. The molecule has 0 aliphatic rings. The second-order valence-corrected chi connectivity index (χ2v) is 6.49. The Balaban J connectivity index is 1.90. The van der Waals surface area contributed by atoms with Gasteiger partial charge in [-0.15, -0.1) is 0 Å². The van der Waals surface area contributed by atoms with Gasteiger partial charge in [0.1, 0.15) is 12.3 Å². The fourth-order valence-electron chi connectivity index (χ4n) is 2.83. The van der Waals surface area contributed by atoms with E-state index in [4.69, 9.17) is 4.74 Å². The molecule has 2 N–H and O–H groups in total. The lowest BCUT2D eigenvalue weighted by Gasteiger charge is -2.18. The SMILES string of the molecule is CC[NH+](CC)Cc1ccccc1CNC(=O)COc1cccc(C(F)(F)F)c1. The van der Waals surface area contributed by atoms with Crippen molar-refractivity contribution in [3.63, 3.8) is 0 Å². The van der Waals surface area contributed by atoms with Gasteiger partial charge in [-0.1, -0.05) is 30.3 Å². The number of halogens is 3. The summed E-state index contributed by atoms with van der Waals surface area (Å²) in [4.78, 5) is 13.5. The maximum Gasteiger partial charge on any atom is 0.416 e. The molecule has 2 aromatic rings. The van der Waals surface area contributed by atoms with Crippen LogP contribution in [0.2, 0.25) is 0 Å². The summed E-state index contributed by atoms with van der Waals surface area (Å²) in [5, 5.41) is 2.77. The predicted octanol–water partition coefficient (Wildman–Crippen LogP) is 2.83. The molecule has 2 aromatic carbocycles. The molecule has 0 spiro atoms. The molecule has 0 atom stereocenters. The molecule has 0 unspecified atom stereocenters. The smallest absolute Gasteiger partial charge is 0.416 e. The first-order chi connectivity index (χ1) is 13.3. The molecule has 0 aromatic heterocycles. The van der Waals surface area contributed by atoms with E-state index >= 15 is 0 Å². The quantitative estimate of drug-likeness (QED) is 0.686. The lowest BCUT2D eigenvalue weighted by molar-refractivity contribution is -0.910. The van der Waals surface area contributed by atoms with Crippen LogP contribution in [0.25, 0.3) is 0 Å². The highest BCUT2D eigenvalue weighted by Gasteiger charge is 2.30. The number of hydrogen-bond acceptors (Lipinski definition) is 2. The molecule has 7 heteroatoms. The normalized spacial score (nSPS) is 11.5. The minimum absolute atomic E-state index is 0.00973. The van der Waals surface area contributed by atoms with Gasteiger partial charge in [0.2, 0.25) is 0 Å². The summed E-state index contributed by atoms with van der Waals surface area (Å²) in [5.41, 5.74) is 1.38. The topological polar surface area (TPSA) is 42.8 Å². The molecule has 28 heavy (non-hydrogen) atoms. The number of nitrogens with one attached hydrogen (secondary N) is 2. The van der Waals surface area contributed by atoms with Crippen molar-refractivity contribution in [2.45, 2.75) is 33.1 Å². The first kappa shape index (κ1) is 21.8. The van der Waals surface area contributed by atoms with Crippen LogP contribution in [0.15, 0.2) is 48.5 Å². The fraction of sp³-hybridized carbons (Fsp3) is 0.381. The third kappa shape index (κ3) is 6.56. The zero-order valence-electron chi connectivity index (χ0n) is 16.1. The minimum atomic E-state index is -4.45. The predicted molar refractivity (Wildman–Crippen MR) is 101 cm³/mol. The van der Waals surface area contributed by atoms with Crippen molar-refractivity contribution in [2.75, 3.05) is 19.7 Å². The Kier molecular flexibility index (Phi) is 7.87. The standard InChI is InChI=1S/C21H25F3N2O2/c1-3-26(4-2)14-17-9-6-5-8-16(17)13-25-20(27)15-28-19-11-7-10-18(12-19)21(22,23)24/h5-12H,3-4,13-15H2,1-2H3,(H,25,27)/p+1. The second-order valence-electron chi connectivity index (χ2n) is 6.49. The lowest BCUT2D eigenvalue weighted by Crippen LogP contribution is -3.10. The van der Waals surface area contributed by atoms with E-state index in [1.54, 1.807) is 0 Å². The largest absolute Gasteiger partial charge is 0.484 e. The van der Waals surface area contributed by atoms with Crippen LogP contribution in [-0.4, -0.2) is 25.6 Å². The van der Waals surface area contributed by atoms with E-state index in [-0.39, 0.29) is 18.3 Å². The molecule has 0 fully saturated rings. The molecule has 0 radical (unpaired) electrons. The number of carbonyl (C=O) groups excluding carboxylic acids is 1. The van der Waals surface area contributed by atoms with Crippen LogP contribution in [0, 0.1) is 0 Å². The third-order valence-electron chi connectivity index (χ3n) is 4.57. The van der Waals surface area contributed by atoms with E-state index in [2.05, 4.69) is 19.2 Å². The highest BCUT2D eigenvalue weighted by molar-refractivity contribution is 5.77. The molecule has 0 aliphatic heterocycles. The van der Waals surface area contributed by atoms with Crippen molar-refractivity contribution in [2.24, 2.45) is 0 Å². The zero-order valence-corrected chi connectivity index (χ0v) is 16.1. The van der Waals surface area contributed by atoms with Gasteiger partial charge in [-0.05, 0) is 37.6 Å². The van der Waals surface area contributed by atoms with Gasteiger partial charge >= 0.3 is 6.18 Å².